The third-order valence-electron chi connectivity index (χ3n) is 3.33. The summed E-state index contributed by atoms with van der Waals surface area (Å²) in [6.45, 7) is -0.264. The lowest BCUT2D eigenvalue weighted by atomic mass is 10.2. The van der Waals surface area contributed by atoms with Crippen molar-refractivity contribution in [2.75, 3.05) is 20.8 Å². The van der Waals surface area contributed by atoms with Crippen molar-refractivity contribution in [2.24, 2.45) is 0 Å². The van der Waals surface area contributed by atoms with E-state index in [4.69, 9.17) is 25.8 Å². The number of rotatable bonds is 7. The molecule has 8 heteroatoms. The second-order valence-electron chi connectivity index (χ2n) is 5.23. The van der Waals surface area contributed by atoms with Crippen LogP contribution in [-0.2, 0) is 9.59 Å². The fourth-order valence-corrected chi connectivity index (χ4v) is 2.22. The maximum atomic E-state index is 11.8. The fourth-order valence-electron chi connectivity index (χ4n) is 2.04. The molecule has 2 aromatic rings. The summed E-state index contributed by atoms with van der Waals surface area (Å²) in [5.41, 5.74) is 5.25. The van der Waals surface area contributed by atoms with Crippen molar-refractivity contribution in [2.45, 2.75) is 0 Å². The molecule has 0 aliphatic heterocycles. The van der Waals surface area contributed by atoms with Gasteiger partial charge in [-0.25, -0.2) is 0 Å². The lowest BCUT2D eigenvalue weighted by Crippen LogP contribution is -2.43. The zero-order valence-electron chi connectivity index (χ0n) is 14.8. The highest BCUT2D eigenvalue weighted by Gasteiger charge is 2.05. The second kappa shape index (κ2) is 10.1. The number of carbonyl (C=O) groups excluding carboxylic acids is 2. The lowest BCUT2D eigenvalue weighted by molar-refractivity contribution is -0.128. The molecule has 7 nitrogen and oxygen atoms in total. The van der Waals surface area contributed by atoms with Crippen LogP contribution in [0.15, 0.2) is 48.5 Å². The molecule has 0 unspecified atom stereocenters. The van der Waals surface area contributed by atoms with Gasteiger partial charge in [-0.15, -0.1) is 0 Å². The normalized spacial score (nSPS) is 10.3. The van der Waals surface area contributed by atoms with Crippen molar-refractivity contribution in [3.8, 4) is 17.2 Å². The first kappa shape index (κ1) is 20.1. The quantitative estimate of drug-likeness (QED) is 0.560. The topological polar surface area (TPSA) is 85.9 Å². The zero-order valence-corrected chi connectivity index (χ0v) is 15.6. The molecule has 0 aromatic heterocycles. The monoisotopic (exact) mass is 390 g/mol. The van der Waals surface area contributed by atoms with E-state index in [1.807, 2.05) is 0 Å². The Morgan fingerprint density at radius 2 is 1.81 bits per heavy atom. The van der Waals surface area contributed by atoms with E-state index in [2.05, 4.69) is 10.9 Å². The minimum absolute atomic E-state index is 0.264. The highest BCUT2D eigenvalue weighted by molar-refractivity contribution is 6.30. The van der Waals surface area contributed by atoms with Crippen LogP contribution in [0.25, 0.3) is 6.08 Å². The van der Waals surface area contributed by atoms with E-state index in [9.17, 15) is 9.59 Å². The van der Waals surface area contributed by atoms with E-state index < -0.39 is 11.8 Å². The molecule has 0 spiro atoms. The van der Waals surface area contributed by atoms with Crippen LogP contribution >= 0.6 is 11.6 Å². The van der Waals surface area contributed by atoms with E-state index in [1.165, 1.54) is 13.2 Å². The Bertz CT molecular complexity index is 839. The van der Waals surface area contributed by atoms with E-state index in [0.717, 1.165) is 5.56 Å². The van der Waals surface area contributed by atoms with Gasteiger partial charge in [-0.05, 0) is 42.0 Å². The first-order valence-corrected chi connectivity index (χ1v) is 8.27. The number of methoxy groups -OCH3 is 2. The number of carbonyl (C=O) groups is 2. The van der Waals surface area contributed by atoms with Gasteiger partial charge in [-0.1, -0.05) is 23.7 Å². The van der Waals surface area contributed by atoms with Crippen molar-refractivity contribution in [1.82, 2.24) is 10.9 Å². The smallest absolute Gasteiger partial charge is 0.276 e. The van der Waals surface area contributed by atoms with Crippen molar-refractivity contribution in [3.05, 3.63) is 59.1 Å². The summed E-state index contributed by atoms with van der Waals surface area (Å²) in [4.78, 5) is 23.5. The van der Waals surface area contributed by atoms with Crippen LogP contribution in [-0.4, -0.2) is 32.6 Å². The third-order valence-corrected chi connectivity index (χ3v) is 3.56. The molecule has 0 aliphatic rings. The minimum Gasteiger partial charge on any atom is -0.493 e. The highest BCUT2D eigenvalue weighted by Crippen LogP contribution is 2.27. The predicted octanol–water partition coefficient (Wildman–Crippen LogP) is 2.60. The lowest BCUT2D eigenvalue weighted by Gasteiger charge is -2.08. The van der Waals surface area contributed by atoms with Crippen LogP contribution in [0.4, 0.5) is 0 Å². The van der Waals surface area contributed by atoms with Crippen LogP contribution in [0.2, 0.25) is 5.02 Å². The van der Waals surface area contributed by atoms with Gasteiger partial charge in [0.1, 0.15) is 5.75 Å². The summed E-state index contributed by atoms with van der Waals surface area (Å²) in [6, 6.07) is 11.9. The van der Waals surface area contributed by atoms with Gasteiger partial charge in [0.05, 0.1) is 14.2 Å². The maximum absolute atomic E-state index is 11.8. The summed E-state index contributed by atoms with van der Waals surface area (Å²) < 4.78 is 15.6. The largest absolute Gasteiger partial charge is 0.493 e. The molecule has 2 N–H and O–H groups in total. The molecule has 0 bridgehead atoms. The molecule has 0 heterocycles. The Balaban J connectivity index is 1.79. The van der Waals surface area contributed by atoms with Crippen LogP contribution in [0, 0.1) is 0 Å². The van der Waals surface area contributed by atoms with E-state index in [1.54, 1.807) is 55.7 Å². The molecule has 0 saturated carbocycles. The fraction of sp³-hybridized carbons (Fsp3) is 0.158. The summed E-state index contributed by atoms with van der Waals surface area (Å²) >= 11 is 5.82. The number of hydrazine groups is 1. The third kappa shape index (κ3) is 6.56. The SMILES string of the molecule is COc1ccc(/C=C/C(=O)NNC(=O)COc2cccc(Cl)c2)cc1OC. The molecule has 0 fully saturated rings. The molecule has 0 saturated heterocycles. The van der Waals surface area contributed by atoms with E-state index in [-0.39, 0.29) is 6.61 Å². The van der Waals surface area contributed by atoms with Crippen molar-refractivity contribution in [1.29, 1.82) is 0 Å². The van der Waals surface area contributed by atoms with Crippen LogP contribution in [0.1, 0.15) is 5.56 Å². The summed E-state index contributed by atoms with van der Waals surface area (Å²) in [5.74, 6) is 0.582. The van der Waals surface area contributed by atoms with Crippen LogP contribution < -0.4 is 25.1 Å². The van der Waals surface area contributed by atoms with E-state index >= 15 is 0 Å². The van der Waals surface area contributed by atoms with Crippen LogP contribution in [0.5, 0.6) is 17.2 Å². The second-order valence-corrected chi connectivity index (χ2v) is 5.67. The number of hydrogen-bond donors (Lipinski definition) is 2. The molecule has 2 amide bonds. The summed E-state index contributed by atoms with van der Waals surface area (Å²) in [7, 11) is 3.07. The minimum atomic E-state index is -0.511. The van der Waals surface area contributed by atoms with Gasteiger partial charge in [-0.2, -0.15) is 0 Å². The van der Waals surface area contributed by atoms with Gasteiger partial charge in [-0.3, -0.25) is 20.4 Å². The molecular formula is C19H19ClN2O5. The Morgan fingerprint density at radius 1 is 1.04 bits per heavy atom. The zero-order chi connectivity index (χ0) is 19.6. The predicted molar refractivity (Wildman–Crippen MR) is 102 cm³/mol. The first-order chi connectivity index (χ1) is 13.0. The molecular weight excluding hydrogens is 372 g/mol. The Morgan fingerprint density at radius 3 is 2.52 bits per heavy atom. The van der Waals surface area contributed by atoms with Crippen molar-refractivity contribution >= 4 is 29.5 Å². The molecule has 2 aromatic carbocycles. The number of hydrogen-bond acceptors (Lipinski definition) is 5. The standard InChI is InChI=1S/C19H19ClN2O5/c1-25-16-8-6-13(10-17(16)26-2)7-9-18(23)21-22-19(24)12-27-15-5-3-4-14(20)11-15/h3-11H,12H2,1-2H3,(H,21,23)(H,22,24)/b9-7+. The molecule has 27 heavy (non-hydrogen) atoms. The number of benzene rings is 2. The molecule has 2 rings (SSSR count). The first-order valence-electron chi connectivity index (χ1n) is 7.89. The van der Waals surface area contributed by atoms with E-state index in [0.29, 0.717) is 22.3 Å². The van der Waals surface area contributed by atoms with Gasteiger partial charge in [0, 0.05) is 11.1 Å². The van der Waals surface area contributed by atoms with Gasteiger partial charge in [0.2, 0.25) is 0 Å². The van der Waals surface area contributed by atoms with Crippen molar-refractivity contribution in [3.63, 3.8) is 0 Å². The molecule has 0 atom stereocenters. The molecule has 0 aliphatic carbocycles. The Kier molecular flexibility index (Phi) is 7.51. The van der Waals surface area contributed by atoms with Crippen molar-refractivity contribution < 1.29 is 23.8 Å². The number of ether oxygens (including phenoxy) is 3. The van der Waals surface area contributed by atoms with Gasteiger partial charge < -0.3 is 14.2 Å². The summed E-state index contributed by atoms with van der Waals surface area (Å²) in [6.07, 6.45) is 2.85. The number of nitrogens with one attached hydrogen (secondary N) is 2. The van der Waals surface area contributed by atoms with Gasteiger partial charge in [0.15, 0.2) is 18.1 Å². The highest BCUT2D eigenvalue weighted by atomic mass is 35.5. The number of halogens is 1. The summed E-state index contributed by atoms with van der Waals surface area (Å²) in [5, 5.41) is 0.501. The number of amides is 2. The average molecular weight is 391 g/mol. The van der Waals surface area contributed by atoms with Gasteiger partial charge >= 0.3 is 0 Å². The molecule has 142 valence electrons. The van der Waals surface area contributed by atoms with Gasteiger partial charge in [0.25, 0.3) is 11.8 Å². The average Bonchev–Trinajstić information content (AvgIpc) is 2.68. The van der Waals surface area contributed by atoms with Crippen LogP contribution in [0.3, 0.4) is 0 Å². The maximum Gasteiger partial charge on any atom is 0.276 e. The Hall–Kier alpha value is -3.19. The Labute approximate surface area is 161 Å². The molecule has 0 radical (unpaired) electrons.